The summed E-state index contributed by atoms with van der Waals surface area (Å²) in [6, 6.07) is 6.03. The van der Waals surface area contributed by atoms with Gasteiger partial charge in [-0.2, -0.15) is 0 Å². The highest BCUT2D eigenvalue weighted by atomic mass is 16.4. The van der Waals surface area contributed by atoms with Crippen molar-refractivity contribution in [3.63, 3.8) is 0 Å². The van der Waals surface area contributed by atoms with Crippen LogP contribution >= 0.6 is 0 Å². The van der Waals surface area contributed by atoms with Gasteiger partial charge in [0.25, 0.3) is 0 Å². The molecule has 1 aromatic carbocycles. The van der Waals surface area contributed by atoms with Crippen molar-refractivity contribution in [2.24, 2.45) is 0 Å². The number of amides is 2. The summed E-state index contributed by atoms with van der Waals surface area (Å²) >= 11 is 0. The van der Waals surface area contributed by atoms with Crippen molar-refractivity contribution in [3.8, 4) is 0 Å². The number of hydrogen-bond donors (Lipinski definition) is 1. The minimum atomic E-state index is -0.970. The molecule has 2 aliphatic rings. The molecule has 1 unspecified atom stereocenters. The fraction of sp³-hybridized carbons (Fsp3) is 0.471. The number of benzene rings is 1. The Kier molecular flexibility index (Phi) is 4.07. The molecule has 23 heavy (non-hydrogen) atoms. The Bertz CT molecular complexity index is 658. The predicted octanol–water partition coefficient (Wildman–Crippen LogP) is 1.43. The van der Waals surface area contributed by atoms with E-state index >= 15 is 0 Å². The van der Waals surface area contributed by atoms with Gasteiger partial charge in [-0.25, -0.2) is 4.79 Å². The number of nitrogens with zero attached hydrogens (tertiary/aromatic N) is 2. The zero-order valence-electron chi connectivity index (χ0n) is 13.1. The molecule has 2 aliphatic heterocycles. The van der Waals surface area contributed by atoms with Gasteiger partial charge in [-0.05, 0) is 30.9 Å². The van der Waals surface area contributed by atoms with Crippen LogP contribution in [0.4, 0.5) is 5.69 Å². The van der Waals surface area contributed by atoms with Gasteiger partial charge in [0.2, 0.25) is 11.8 Å². The first-order valence-corrected chi connectivity index (χ1v) is 7.91. The molecule has 2 heterocycles. The van der Waals surface area contributed by atoms with E-state index < -0.39 is 18.1 Å². The van der Waals surface area contributed by atoms with Gasteiger partial charge in [-0.3, -0.25) is 14.5 Å². The third-order valence-electron chi connectivity index (χ3n) is 4.67. The van der Waals surface area contributed by atoms with Crippen LogP contribution in [0.5, 0.6) is 0 Å². The van der Waals surface area contributed by atoms with E-state index in [4.69, 9.17) is 0 Å². The number of carbonyl (C=O) groups is 3. The fourth-order valence-electron chi connectivity index (χ4n) is 3.62. The van der Waals surface area contributed by atoms with Gasteiger partial charge in [0, 0.05) is 25.6 Å². The molecule has 0 aliphatic carbocycles. The monoisotopic (exact) mass is 316 g/mol. The van der Waals surface area contributed by atoms with Gasteiger partial charge in [0.1, 0.15) is 12.1 Å². The van der Waals surface area contributed by atoms with E-state index in [0.717, 1.165) is 24.1 Å². The van der Waals surface area contributed by atoms with E-state index in [1.54, 1.807) is 0 Å². The van der Waals surface area contributed by atoms with Gasteiger partial charge < -0.3 is 10.0 Å². The van der Waals surface area contributed by atoms with Crippen LogP contribution in [0.15, 0.2) is 24.3 Å². The Hall–Kier alpha value is -2.37. The number of piperidine rings is 1. The molecular formula is C17H20N2O4. The van der Waals surface area contributed by atoms with Gasteiger partial charge in [0.15, 0.2) is 0 Å². The maximum Gasteiger partial charge on any atom is 0.326 e. The number of hydrogen-bond acceptors (Lipinski definition) is 3. The molecule has 1 fully saturated rings. The number of anilines is 1. The maximum absolute atomic E-state index is 13.0. The topological polar surface area (TPSA) is 77.9 Å². The Balaban J connectivity index is 1.90. The molecule has 2 amide bonds. The van der Waals surface area contributed by atoms with Crippen molar-refractivity contribution in [1.82, 2.24) is 4.90 Å². The van der Waals surface area contributed by atoms with Crippen LogP contribution in [0.3, 0.4) is 0 Å². The number of likely N-dealkylation sites (tertiary alicyclic amines) is 1. The number of carbonyl (C=O) groups excluding carboxylic acids is 2. The second-order valence-electron chi connectivity index (χ2n) is 6.12. The Morgan fingerprint density at radius 3 is 2.57 bits per heavy atom. The molecule has 1 aromatic rings. The molecule has 1 N–H and O–H groups in total. The lowest BCUT2D eigenvalue weighted by Gasteiger charge is -2.36. The molecule has 0 bridgehead atoms. The van der Waals surface area contributed by atoms with E-state index in [2.05, 4.69) is 0 Å². The second-order valence-corrected chi connectivity index (χ2v) is 6.12. The molecule has 0 spiro atoms. The van der Waals surface area contributed by atoms with Crippen LogP contribution in [0.25, 0.3) is 0 Å². The van der Waals surface area contributed by atoms with Crippen molar-refractivity contribution in [3.05, 3.63) is 29.8 Å². The average molecular weight is 316 g/mol. The number of rotatable bonds is 2. The summed E-state index contributed by atoms with van der Waals surface area (Å²) < 4.78 is 0. The first-order valence-electron chi connectivity index (χ1n) is 7.91. The van der Waals surface area contributed by atoms with Crippen molar-refractivity contribution < 1.29 is 19.5 Å². The summed E-state index contributed by atoms with van der Waals surface area (Å²) in [5.41, 5.74) is 1.70. The number of carboxylic acid groups (broad SMARTS) is 1. The molecule has 2 atom stereocenters. The molecular weight excluding hydrogens is 296 g/mol. The normalized spacial score (nSPS) is 23.5. The summed E-state index contributed by atoms with van der Waals surface area (Å²) in [5.74, 6) is -1.43. The van der Waals surface area contributed by atoms with Crippen LogP contribution in [0.1, 0.15) is 31.7 Å². The van der Waals surface area contributed by atoms with E-state index in [1.807, 2.05) is 24.3 Å². The zero-order chi connectivity index (χ0) is 16.6. The zero-order valence-corrected chi connectivity index (χ0v) is 13.1. The van der Waals surface area contributed by atoms with Crippen LogP contribution in [-0.4, -0.2) is 46.4 Å². The highest BCUT2D eigenvalue weighted by molar-refractivity contribution is 6.03. The van der Waals surface area contributed by atoms with E-state index in [0.29, 0.717) is 19.4 Å². The SMILES string of the molecule is CC(=O)N1c2ccccc2C[C@H]1C(=O)N1CCCCC1C(=O)O. The summed E-state index contributed by atoms with van der Waals surface area (Å²) in [4.78, 5) is 39.4. The minimum absolute atomic E-state index is 0.197. The van der Waals surface area contributed by atoms with Crippen LogP contribution in [0, 0.1) is 0 Å². The van der Waals surface area contributed by atoms with Crippen LogP contribution in [0.2, 0.25) is 0 Å². The summed E-state index contributed by atoms with van der Waals surface area (Å²) in [7, 11) is 0. The predicted molar refractivity (Wildman–Crippen MR) is 84.1 cm³/mol. The Morgan fingerprint density at radius 2 is 1.87 bits per heavy atom. The summed E-state index contributed by atoms with van der Waals surface area (Å²) in [6.45, 7) is 1.88. The van der Waals surface area contributed by atoms with Gasteiger partial charge in [-0.15, -0.1) is 0 Å². The van der Waals surface area contributed by atoms with Gasteiger partial charge >= 0.3 is 5.97 Å². The average Bonchev–Trinajstić information content (AvgIpc) is 2.93. The molecule has 6 heteroatoms. The minimum Gasteiger partial charge on any atom is -0.480 e. The van der Waals surface area contributed by atoms with E-state index in [1.165, 1.54) is 16.7 Å². The number of para-hydroxylation sites is 1. The lowest BCUT2D eigenvalue weighted by Crippen LogP contribution is -2.55. The Morgan fingerprint density at radius 1 is 1.13 bits per heavy atom. The molecule has 0 aromatic heterocycles. The third kappa shape index (κ3) is 2.69. The molecule has 3 rings (SSSR count). The summed E-state index contributed by atoms with van der Waals surface area (Å²) in [5, 5.41) is 9.37. The lowest BCUT2D eigenvalue weighted by molar-refractivity contribution is -0.152. The van der Waals surface area contributed by atoms with Gasteiger partial charge in [0.05, 0.1) is 0 Å². The molecule has 0 saturated carbocycles. The largest absolute Gasteiger partial charge is 0.480 e. The number of fused-ring (bicyclic) bond motifs is 1. The number of carboxylic acids is 1. The molecule has 122 valence electrons. The van der Waals surface area contributed by atoms with Crippen molar-refractivity contribution in [1.29, 1.82) is 0 Å². The molecule has 1 saturated heterocycles. The molecule has 6 nitrogen and oxygen atoms in total. The third-order valence-corrected chi connectivity index (χ3v) is 4.67. The van der Waals surface area contributed by atoms with Gasteiger partial charge in [-0.1, -0.05) is 18.2 Å². The smallest absolute Gasteiger partial charge is 0.326 e. The second kappa shape index (κ2) is 6.02. The van der Waals surface area contributed by atoms with Crippen LogP contribution in [-0.2, 0) is 20.8 Å². The highest BCUT2D eigenvalue weighted by Gasteiger charge is 2.42. The van der Waals surface area contributed by atoms with E-state index in [-0.39, 0.29) is 11.8 Å². The number of aliphatic carboxylic acids is 1. The quantitative estimate of drug-likeness (QED) is 0.895. The first kappa shape index (κ1) is 15.5. The lowest BCUT2D eigenvalue weighted by atomic mass is 10.00. The summed E-state index contributed by atoms with van der Waals surface area (Å²) in [6.07, 6.45) is 2.52. The fourth-order valence-corrected chi connectivity index (χ4v) is 3.62. The maximum atomic E-state index is 13.0. The highest BCUT2D eigenvalue weighted by Crippen LogP contribution is 2.33. The first-order chi connectivity index (χ1) is 11.0. The molecule has 0 radical (unpaired) electrons. The Labute approximate surface area is 134 Å². The van der Waals surface area contributed by atoms with Crippen molar-refractivity contribution in [2.75, 3.05) is 11.4 Å². The van der Waals surface area contributed by atoms with Crippen molar-refractivity contribution >= 4 is 23.5 Å². The van der Waals surface area contributed by atoms with E-state index in [9.17, 15) is 19.5 Å². The standard InChI is InChI=1S/C17H20N2O4/c1-11(20)19-13-7-3-2-6-12(13)10-15(19)16(21)18-9-5-4-8-14(18)17(22)23/h2-3,6-7,14-15H,4-5,8-10H2,1H3,(H,22,23)/t14?,15-/m0/s1. The van der Waals surface area contributed by atoms with Crippen molar-refractivity contribution in [2.45, 2.75) is 44.7 Å². The van der Waals surface area contributed by atoms with Crippen LogP contribution < -0.4 is 4.90 Å².